The summed E-state index contributed by atoms with van der Waals surface area (Å²) in [6.07, 6.45) is 3.27. The molecular formula is C15H13NO3S. The Hall–Kier alpha value is -2.27. The molecule has 0 saturated heterocycles. The lowest BCUT2D eigenvalue weighted by atomic mass is 10.2. The quantitative estimate of drug-likeness (QED) is 0.880. The molecule has 2 aromatic rings. The zero-order chi connectivity index (χ0) is 13.8. The largest absolute Gasteiger partial charge is 0.454 e. The first-order chi connectivity index (χ1) is 9.81. The topological polar surface area (TPSA) is 47.6 Å². The van der Waals surface area contributed by atoms with E-state index in [4.69, 9.17) is 9.47 Å². The van der Waals surface area contributed by atoms with E-state index in [1.807, 2.05) is 35.7 Å². The van der Waals surface area contributed by atoms with E-state index in [9.17, 15) is 4.79 Å². The van der Waals surface area contributed by atoms with Crippen LogP contribution in [-0.4, -0.2) is 12.7 Å². The smallest absolute Gasteiger partial charge is 0.244 e. The fraction of sp³-hybridized carbons (Fsp3) is 0.133. The first kappa shape index (κ1) is 12.7. The summed E-state index contributed by atoms with van der Waals surface area (Å²) < 4.78 is 10.5. The van der Waals surface area contributed by atoms with Gasteiger partial charge in [-0.2, -0.15) is 0 Å². The Morgan fingerprint density at radius 2 is 2.20 bits per heavy atom. The van der Waals surface area contributed by atoms with Gasteiger partial charge in [0, 0.05) is 11.0 Å². The standard InChI is InChI=1S/C15H13NO3S/c17-15(16-9-12-2-1-7-20-12)6-4-11-3-5-13-14(8-11)19-10-18-13/h1-8H,9-10H2,(H,16,17). The molecule has 20 heavy (non-hydrogen) atoms. The van der Waals surface area contributed by atoms with E-state index in [0.717, 1.165) is 16.2 Å². The minimum absolute atomic E-state index is 0.115. The molecule has 5 heteroatoms. The lowest BCUT2D eigenvalue weighted by Gasteiger charge is -2.00. The summed E-state index contributed by atoms with van der Waals surface area (Å²) in [5.41, 5.74) is 0.903. The summed E-state index contributed by atoms with van der Waals surface area (Å²) in [6, 6.07) is 9.54. The van der Waals surface area contributed by atoms with Crippen LogP contribution in [0, 0.1) is 0 Å². The molecule has 0 fully saturated rings. The number of carbonyl (C=O) groups is 1. The normalized spacial score (nSPS) is 12.8. The third kappa shape index (κ3) is 3.00. The first-order valence-corrected chi connectivity index (χ1v) is 7.07. The van der Waals surface area contributed by atoms with Gasteiger partial charge in [-0.1, -0.05) is 12.1 Å². The SMILES string of the molecule is O=C(C=Cc1ccc2c(c1)OCO2)NCc1cccs1. The van der Waals surface area contributed by atoms with Crippen molar-refractivity contribution < 1.29 is 14.3 Å². The summed E-state index contributed by atoms with van der Waals surface area (Å²) in [4.78, 5) is 12.8. The number of rotatable bonds is 4. The van der Waals surface area contributed by atoms with Crippen molar-refractivity contribution in [2.75, 3.05) is 6.79 Å². The van der Waals surface area contributed by atoms with Crippen molar-refractivity contribution in [1.82, 2.24) is 5.32 Å². The molecule has 1 aromatic carbocycles. The maximum atomic E-state index is 11.7. The van der Waals surface area contributed by atoms with E-state index in [1.165, 1.54) is 6.08 Å². The molecule has 0 spiro atoms. The molecule has 102 valence electrons. The molecule has 2 heterocycles. The molecule has 0 atom stereocenters. The molecule has 1 amide bonds. The van der Waals surface area contributed by atoms with Crippen LogP contribution >= 0.6 is 11.3 Å². The van der Waals surface area contributed by atoms with Crippen LogP contribution in [-0.2, 0) is 11.3 Å². The van der Waals surface area contributed by atoms with Crippen molar-refractivity contribution in [3.63, 3.8) is 0 Å². The molecule has 1 aromatic heterocycles. The number of amides is 1. The van der Waals surface area contributed by atoms with Crippen LogP contribution in [0.5, 0.6) is 11.5 Å². The zero-order valence-corrected chi connectivity index (χ0v) is 11.5. The number of nitrogens with one attached hydrogen (secondary N) is 1. The second-order valence-corrected chi connectivity index (χ2v) is 5.28. The summed E-state index contributed by atoms with van der Waals surface area (Å²) in [7, 11) is 0. The molecular weight excluding hydrogens is 274 g/mol. The van der Waals surface area contributed by atoms with Gasteiger partial charge in [0.1, 0.15) is 0 Å². The number of fused-ring (bicyclic) bond motifs is 1. The second kappa shape index (κ2) is 5.79. The van der Waals surface area contributed by atoms with E-state index < -0.39 is 0 Å². The summed E-state index contributed by atoms with van der Waals surface area (Å²) in [5.74, 6) is 1.34. The Morgan fingerprint density at radius 1 is 1.30 bits per heavy atom. The van der Waals surface area contributed by atoms with E-state index in [1.54, 1.807) is 17.4 Å². The Bertz CT molecular complexity index is 635. The molecule has 0 radical (unpaired) electrons. The molecule has 3 rings (SSSR count). The highest BCUT2D eigenvalue weighted by Gasteiger charge is 2.12. The van der Waals surface area contributed by atoms with Gasteiger partial charge in [-0.15, -0.1) is 11.3 Å². The van der Waals surface area contributed by atoms with Gasteiger partial charge in [0.25, 0.3) is 0 Å². The predicted octanol–water partition coefficient (Wildman–Crippen LogP) is 2.81. The van der Waals surface area contributed by atoms with Crippen LogP contribution in [0.3, 0.4) is 0 Å². The van der Waals surface area contributed by atoms with Gasteiger partial charge in [0.05, 0.1) is 6.54 Å². The number of benzene rings is 1. The minimum Gasteiger partial charge on any atom is -0.454 e. The number of thiophene rings is 1. The van der Waals surface area contributed by atoms with Gasteiger partial charge in [0.2, 0.25) is 12.7 Å². The summed E-state index contributed by atoms with van der Waals surface area (Å²) in [5, 5.41) is 4.83. The molecule has 0 aliphatic carbocycles. The van der Waals surface area contributed by atoms with E-state index in [-0.39, 0.29) is 12.7 Å². The Kier molecular flexibility index (Phi) is 3.69. The lowest BCUT2D eigenvalue weighted by molar-refractivity contribution is -0.116. The Morgan fingerprint density at radius 3 is 3.05 bits per heavy atom. The van der Waals surface area contributed by atoms with Crippen molar-refractivity contribution in [3.05, 3.63) is 52.2 Å². The number of hydrogen-bond acceptors (Lipinski definition) is 4. The zero-order valence-electron chi connectivity index (χ0n) is 10.7. The fourth-order valence-corrected chi connectivity index (χ4v) is 2.48. The number of carbonyl (C=O) groups excluding carboxylic acids is 1. The van der Waals surface area contributed by atoms with Crippen molar-refractivity contribution in [3.8, 4) is 11.5 Å². The monoisotopic (exact) mass is 287 g/mol. The highest BCUT2D eigenvalue weighted by Crippen LogP contribution is 2.32. The molecule has 1 aliphatic heterocycles. The average Bonchev–Trinajstić information content (AvgIpc) is 3.13. The van der Waals surface area contributed by atoms with Gasteiger partial charge in [-0.05, 0) is 35.2 Å². The summed E-state index contributed by atoms with van der Waals surface area (Å²) >= 11 is 1.62. The molecule has 0 unspecified atom stereocenters. The predicted molar refractivity (Wildman–Crippen MR) is 77.8 cm³/mol. The van der Waals surface area contributed by atoms with Crippen LogP contribution < -0.4 is 14.8 Å². The molecule has 0 saturated carbocycles. The van der Waals surface area contributed by atoms with Gasteiger partial charge < -0.3 is 14.8 Å². The molecule has 0 bridgehead atoms. The maximum Gasteiger partial charge on any atom is 0.244 e. The molecule has 1 N–H and O–H groups in total. The minimum atomic E-state index is -0.115. The van der Waals surface area contributed by atoms with Crippen LogP contribution in [0.2, 0.25) is 0 Å². The van der Waals surface area contributed by atoms with E-state index in [0.29, 0.717) is 12.3 Å². The number of hydrogen-bond donors (Lipinski definition) is 1. The maximum absolute atomic E-state index is 11.7. The highest BCUT2D eigenvalue weighted by atomic mass is 32.1. The van der Waals surface area contributed by atoms with Gasteiger partial charge in [-0.3, -0.25) is 4.79 Å². The Labute approximate surface area is 120 Å². The van der Waals surface area contributed by atoms with Crippen LogP contribution in [0.1, 0.15) is 10.4 Å². The van der Waals surface area contributed by atoms with Crippen molar-refractivity contribution >= 4 is 23.3 Å². The first-order valence-electron chi connectivity index (χ1n) is 6.19. The Balaban J connectivity index is 1.58. The van der Waals surface area contributed by atoms with Crippen molar-refractivity contribution in [1.29, 1.82) is 0 Å². The van der Waals surface area contributed by atoms with Gasteiger partial charge in [-0.25, -0.2) is 0 Å². The number of ether oxygens (including phenoxy) is 2. The third-order valence-electron chi connectivity index (χ3n) is 2.84. The van der Waals surface area contributed by atoms with Gasteiger partial charge in [0.15, 0.2) is 11.5 Å². The van der Waals surface area contributed by atoms with Gasteiger partial charge >= 0.3 is 0 Å². The van der Waals surface area contributed by atoms with E-state index in [2.05, 4.69) is 5.32 Å². The van der Waals surface area contributed by atoms with Crippen LogP contribution in [0.4, 0.5) is 0 Å². The second-order valence-electron chi connectivity index (χ2n) is 4.24. The molecule has 1 aliphatic rings. The lowest BCUT2D eigenvalue weighted by Crippen LogP contribution is -2.19. The summed E-state index contributed by atoms with van der Waals surface area (Å²) in [6.45, 7) is 0.811. The van der Waals surface area contributed by atoms with Crippen LogP contribution in [0.25, 0.3) is 6.08 Å². The van der Waals surface area contributed by atoms with E-state index >= 15 is 0 Å². The third-order valence-corrected chi connectivity index (χ3v) is 3.72. The van der Waals surface area contributed by atoms with Crippen molar-refractivity contribution in [2.45, 2.75) is 6.54 Å². The highest BCUT2D eigenvalue weighted by molar-refractivity contribution is 7.09. The molecule has 4 nitrogen and oxygen atoms in total. The average molecular weight is 287 g/mol. The van der Waals surface area contributed by atoms with Crippen molar-refractivity contribution in [2.24, 2.45) is 0 Å². The van der Waals surface area contributed by atoms with Crippen LogP contribution in [0.15, 0.2) is 41.8 Å². The fourth-order valence-electron chi connectivity index (χ4n) is 1.84.